The van der Waals surface area contributed by atoms with Crippen LogP contribution < -0.4 is 5.32 Å². The van der Waals surface area contributed by atoms with Gasteiger partial charge in [-0.2, -0.15) is 16.1 Å². The van der Waals surface area contributed by atoms with E-state index in [1.165, 1.54) is 24.2 Å². The summed E-state index contributed by atoms with van der Waals surface area (Å²) in [5, 5.41) is 5.37. The first-order valence-corrected chi connectivity index (χ1v) is 10.0. The number of hydrogen-bond acceptors (Lipinski definition) is 5. The van der Waals surface area contributed by atoms with Gasteiger partial charge in [-0.15, -0.1) is 11.3 Å². The van der Waals surface area contributed by atoms with Gasteiger partial charge in [-0.05, 0) is 29.9 Å². The molecule has 0 bridgehead atoms. The second-order valence-corrected chi connectivity index (χ2v) is 9.25. The van der Waals surface area contributed by atoms with Crippen molar-refractivity contribution in [3.8, 4) is 0 Å². The lowest BCUT2D eigenvalue weighted by molar-refractivity contribution is 0.445. The Bertz CT molecular complexity index is 531. The third-order valence-corrected chi connectivity index (χ3v) is 7.67. The molecule has 19 heavy (non-hydrogen) atoms. The van der Waals surface area contributed by atoms with Gasteiger partial charge in [0.1, 0.15) is 4.21 Å². The normalized spacial score (nSPS) is 21.7. The van der Waals surface area contributed by atoms with E-state index in [1.54, 1.807) is 4.31 Å². The molecule has 106 valence electrons. The van der Waals surface area contributed by atoms with Crippen LogP contribution in [0, 0.1) is 0 Å². The van der Waals surface area contributed by atoms with E-state index < -0.39 is 10.0 Å². The van der Waals surface area contributed by atoms with Gasteiger partial charge in [-0.1, -0.05) is 0 Å². The fourth-order valence-electron chi connectivity index (χ4n) is 2.04. The molecule has 1 aliphatic carbocycles. The van der Waals surface area contributed by atoms with Gasteiger partial charge in [-0.3, -0.25) is 0 Å². The molecule has 7 heteroatoms. The van der Waals surface area contributed by atoms with E-state index in [1.807, 2.05) is 23.2 Å². The van der Waals surface area contributed by atoms with Gasteiger partial charge in [0.25, 0.3) is 10.0 Å². The van der Waals surface area contributed by atoms with Crippen LogP contribution in [0.25, 0.3) is 0 Å². The van der Waals surface area contributed by atoms with Crippen LogP contribution in [0.5, 0.6) is 0 Å². The van der Waals surface area contributed by atoms with Crippen LogP contribution in [0.2, 0.25) is 0 Å². The van der Waals surface area contributed by atoms with Crippen molar-refractivity contribution in [3.05, 3.63) is 17.0 Å². The standard InChI is InChI=1S/C12H18N2O2S3/c15-19(16,14-3-5-17-6-4-14)12-7-10(9-18-12)8-13-11-1-2-11/h7,9,11,13H,1-6,8H2. The van der Waals surface area contributed by atoms with Gasteiger partial charge in [0.2, 0.25) is 0 Å². The summed E-state index contributed by atoms with van der Waals surface area (Å²) < 4.78 is 27.0. The minimum absolute atomic E-state index is 0.493. The van der Waals surface area contributed by atoms with Gasteiger partial charge in [-0.25, -0.2) is 8.42 Å². The topological polar surface area (TPSA) is 49.4 Å². The summed E-state index contributed by atoms with van der Waals surface area (Å²) in [6.45, 7) is 2.06. The van der Waals surface area contributed by atoms with Crippen LogP contribution in [0.4, 0.5) is 0 Å². The maximum Gasteiger partial charge on any atom is 0.252 e. The number of rotatable bonds is 5. The lowest BCUT2D eigenvalue weighted by Gasteiger charge is -2.24. The first-order valence-electron chi connectivity index (χ1n) is 6.55. The Morgan fingerprint density at radius 3 is 2.74 bits per heavy atom. The molecule has 1 aromatic rings. The summed E-state index contributed by atoms with van der Waals surface area (Å²) in [5.41, 5.74) is 1.09. The SMILES string of the molecule is O=S(=O)(c1cc(CNC2CC2)cs1)N1CCSCC1. The van der Waals surface area contributed by atoms with Crippen LogP contribution in [0.3, 0.4) is 0 Å². The molecule has 2 heterocycles. The second-order valence-electron chi connectivity index (χ2n) is 4.95. The third-order valence-electron chi connectivity index (χ3n) is 3.37. The number of thioether (sulfide) groups is 1. The number of thiophene rings is 1. The summed E-state index contributed by atoms with van der Waals surface area (Å²) in [7, 11) is -3.25. The minimum atomic E-state index is -3.25. The van der Waals surface area contributed by atoms with Crippen molar-refractivity contribution in [3.63, 3.8) is 0 Å². The molecular weight excluding hydrogens is 300 g/mol. The van der Waals surface area contributed by atoms with Crippen LogP contribution >= 0.6 is 23.1 Å². The quantitative estimate of drug-likeness (QED) is 0.898. The number of nitrogens with one attached hydrogen (secondary N) is 1. The van der Waals surface area contributed by atoms with Gasteiger partial charge < -0.3 is 5.32 Å². The summed E-state index contributed by atoms with van der Waals surface area (Å²) >= 11 is 3.17. The molecule has 0 atom stereocenters. The van der Waals surface area contributed by atoms with E-state index in [2.05, 4.69) is 5.32 Å². The predicted molar refractivity (Wildman–Crippen MR) is 80.3 cm³/mol. The van der Waals surface area contributed by atoms with Gasteiger partial charge in [0.15, 0.2) is 0 Å². The van der Waals surface area contributed by atoms with Crippen molar-refractivity contribution in [2.24, 2.45) is 0 Å². The molecule has 0 radical (unpaired) electrons. The molecule has 1 saturated heterocycles. The smallest absolute Gasteiger partial charge is 0.252 e. The van der Waals surface area contributed by atoms with Crippen LogP contribution in [0.15, 0.2) is 15.7 Å². The molecule has 1 aliphatic heterocycles. The lowest BCUT2D eigenvalue weighted by Crippen LogP contribution is -2.37. The Kier molecular flexibility index (Phi) is 4.19. The zero-order valence-electron chi connectivity index (χ0n) is 10.7. The van der Waals surface area contributed by atoms with Gasteiger partial charge >= 0.3 is 0 Å². The van der Waals surface area contributed by atoms with Crippen molar-refractivity contribution in [1.29, 1.82) is 0 Å². The van der Waals surface area contributed by atoms with E-state index in [9.17, 15) is 8.42 Å². The molecule has 4 nitrogen and oxygen atoms in total. The number of hydrogen-bond donors (Lipinski definition) is 1. The van der Waals surface area contributed by atoms with Crippen molar-refractivity contribution in [2.75, 3.05) is 24.6 Å². The molecule has 1 N–H and O–H groups in total. The summed E-state index contributed by atoms with van der Waals surface area (Å²) in [5.74, 6) is 1.81. The molecule has 0 unspecified atom stereocenters. The molecule has 0 spiro atoms. The number of nitrogens with zero attached hydrogens (tertiary/aromatic N) is 1. The highest BCUT2D eigenvalue weighted by Gasteiger charge is 2.27. The Labute approximate surface area is 122 Å². The average Bonchev–Trinajstić information content (AvgIpc) is 3.13. The number of sulfonamides is 1. The highest BCUT2D eigenvalue weighted by Crippen LogP contribution is 2.26. The molecule has 2 aliphatic rings. The molecule has 0 amide bonds. The van der Waals surface area contributed by atoms with Crippen molar-refractivity contribution >= 4 is 33.1 Å². The second kappa shape index (κ2) is 5.73. The van der Waals surface area contributed by atoms with Crippen molar-refractivity contribution in [2.45, 2.75) is 29.6 Å². The van der Waals surface area contributed by atoms with Crippen LogP contribution in [0.1, 0.15) is 18.4 Å². The maximum atomic E-state index is 12.5. The third kappa shape index (κ3) is 3.33. The predicted octanol–water partition coefficient (Wildman–Crippen LogP) is 1.74. The maximum absolute atomic E-state index is 12.5. The van der Waals surface area contributed by atoms with E-state index in [-0.39, 0.29) is 0 Å². The fraction of sp³-hybridized carbons (Fsp3) is 0.667. The molecular formula is C12H18N2O2S3. The molecule has 2 fully saturated rings. The zero-order chi connectivity index (χ0) is 13.3. The van der Waals surface area contributed by atoms with E-state index in [0.717, 1.165) is 23.6 Å². The molecule has 3 rings (SSSR count). The van der Waals surface area contributed by atoms with E-state index >= 15 is 0 Å². The summed E-state index contributed by atoms with van der Waals surface area (Å²) in [4.78, 5) is 0. The first kappa shape index (κ1) is 13.9. The Balaban J connectivity index is 1.69. The van der Waals surface area contributed by atoms with Crippen LogP contribution in [-0.4, -0.2) is 43.4 Å². The van der Waals surface area contributed by atoms with Crippen LogP contribution in [-0.2, 0) is 16.6 Å². The summed E-state index contributed by atoms with van der Waals surface area (Å²) in [6.07, 6.45) is 2.50. The zero-order valence-corrected chi connectivity index (χ0v) is 13.1. The highest BCUT2D eigenvalue weighted by molar-refractivity contribution is 7.99. The van der Waals surface area contributed by atoms with Gasteiger partial charge in [0, 0.05) is 37.2 Å². The molecule has 1 saturated carbocycles. The monoisotopic (exact) mass is 318 g/mol. The average molecular weight is 318 g/mol. The van der Waals surface area contributed by atoms with Crippen molar-refractivity contribution < 1.29 is 8.42 Å². The Hall–Kier alpha value is -0.0800. The lowest BCUT2D eigenvalue weighted by atomic mass is 10.3. The Morgan fingerprint density at radius 1 is 1.32 bits per heavy atom. The fourth-order valence-corrected chi connectivity index (χ4v) is 5.98. The minimum Gasteiger partial charge on any atom is -0.310 e. The molecule has 1 aromatic heterocycles. The first-order chi connectivity index (χ1) is 9.16. The van der Waals surface area contributed by atoms with E-state index in [4.69, 9.17) is 0 Å². The van der Waals surface area contributed by atoms with Gasteiger partial charge in [0.05, 0.1) is 0 Å². The Morgan fingerprint density at radius 2 is 2.05 bits per heavy atom. The summed E-state index contributed by atoms with van der Waals surface area (Å²) in [6, 6.07) is 2.48. The van der Waals surface area contributed by atoms with Crippen molar-refractivity contribution in [1.82, 2.24) is 9.62 Å². The molecule has 0 aromatic carbocycles. The largest absolute Gasteiger partial charge is 0.310 e. The highest BCUT2D eigenvalue weighted by atomic mass is 32.2. The van der Waals surface area contributed by atoms with E-state index in [0.29, 0.717) is 23.3 Å².